The molecule has 2 aromatic heterocycles. The first-order valence-electron chi connectivity index (χ1n) is 10.2. The van der Waals surface area contributed by atoms with Crippen molar-refractivity contribution in [3.63, 3.8) is 0 Å². The van der Waals surface area contributed by atoms with E-state index < -0.39 is 30.9 Å². The SMILES string of the molecule is NC(=O)COC(c1ccc(-c2nccs2)c2oc(N3CC4CC(C3)N4C(=O)O)nc12)C(F)(F)F. The summed E-state index contributed by atoms with van der Waals surface area (Å²) in [4.78, 5) is 34.2. The number of ether oxygens (including phenoxy) is 1. The van der Waals surface area contributed by atoms with Gasteiger partial charge in [0.15, 0.2) is 11.7 Å². The van der Waals surface area contributed by atoms with Crippen LogP contribution in [0.4, 0.5) is 24.0 Å². The molecule has 180 valence electrons. The number of primary amides is 1. The van der Waals surface area contributed by atoms with Crippen LogP contribution in [0.1, 0.15) is 18.1 Å². The number of carboxylic acid groups (broad SMARTS) is 1. The van der Waals surface area contributed by atoms with Crippen LogP contribution in [0.25, 0.3) is 21.7 Å². The van der Waals surface area contributed by atoms with Gasteiger partial charge < -0.3 is 24.9 Å². The second kappa shape index (κ2) is 8.13. The second-order valence-electron chi connectivity index (χ2n) is 8.05. The molecule has 2 bridgehead atoms. The van der Waals surface area contributed by atoms with Gasteiger partial charge in [-0.3, -0.25) is 9.69 Å². The number of halogens is 3. The minimum Gasteiger partial charge on any atom is -0.465 e. The molecule has 3 aliphatic heterocycles. The van der Waals surface area contributed by atoms with Crippen molar-refractivity contribution in [2.45, 2.75) is 30.8 Å². The van der Waals surface area contributed by atoms with E-state index in [9.17, 15) is 27.9 Å². The molecule has 14 heteroatoms. The first-order valence-corrected chi connectivity index (χ1v) is 11.1. The normalized spacial score (nSPS) is 20.9. The average molecular weight is 497 g/mol. The largest absolute Gasteiger partial charge is 0.465 e. The number of piperidine rings is 1. The van der Waals surface area contributed by atoms with Gasteiger partial charge in [0.25, 0.3) is 6.01 Å². The number of hydrogen-bond acceptors (Lipinski definition) is 8. The molecule has 2 amide bonds. The molecule has 3 fully saturated rings. The van der Waals surface area contributed by atoms with Crippen molar-refractivity contribution < 1.29 is 37.0 Å². The Balaban J connectivity index is 1.58. The fraction of sp³-hybridized carbons (Fsp3) is 0.400. The van der Waals surface area contributed by atoms with Gasteiger partial charge in [0.05, 0.1) is 17.6 Å². The van der Waals surface area contributed by atoms with Crippen LogP contribution in [0.15, 0.2) is 28.1 Å². The quantitative estimate of drug-likeness (QED) is 0.531. The number of anilines is 1. The van der Waals surface area contributed by atoms with E-state index in [1.165, 1.54) is 28.4 Å². The van der Waals surface area contributed by atoms with E-state index >= 15 is 0 Å². The molecule has 3 aliphatic rings. The maximum atomic E-state index is 13.9. The number of carbonyl (C=O) groups excluding carboxylic acids is 1. The summed E-state index contributed by atoms with van der Waals surface area (Å²) in [6, 6.07) is 2.26. The molecule has 0 saturated carbocycles. The van der Waals surface area contributed by atoms with Crippen molar-refractivity contribution in [1.82, 2.24) is 14.9 Å². The lowest BCUT2D eigenvalue weighted by Crippen LogP contribution is -2.70. The Morgan fingerprint density at radius 3 is 2.65 bits per heavy atom. The minimum absolute atomic E-state index is 0.0795. The van der Waals surface area contributed by atoms with Gasteiger partial charge in [-0.15, -0.1) is 11.3 Å². The number of nitrogens with zero attached hydrogens (tertiary/aromatic N) is 4. The minimum atomic E-state index is -4.85. The van der Waals surface area contributed by atoms with E-state index in [0.717, 1.165) is 0 Å². The number of nitrogens with two attached hydrogens (primary N) is 1. The molecule has 3 atom stereocenters. The number of benzene rings is 1. The van der Waals surface area contributed by atoms with Gasteiger partial charge in [0, 0.05) is 30.2 Å². The molecule has 5 heterocycles. The predicted molar refractivity (Wildman–Crippen MR) is 113 cm³/mol. The van der Waals surface area contributed by atoms with Gasteiger partial charge in [0.1, 0.15) is 17.1 Å². The summed E-state index contributed by atoms with van der Waals surface area (Å²) in [7, 11) is 0. The van der Waals surface area contributed by atoms with Gasteiger partial charge >= 0.3 is 12.3 Å². The number of piperazine rings is 1. The topological polar surface area (TPSA) is 135 Å². The summed E-state index contributed by atoms with van der Waals surface area (Å²) in [5.74, 6) is -1.04. The number of fused-ring (bicyclic) bond motifs is 3. The molecule has 6 rings (SSSR count). The van der Waals surface area contributed by atoms with Crippen LogP contribution in [0.3, 0.4) is 0 Å². The number of oxazole rings is 1. The number of hydrogen-bond donors (Lipinski definition) is 2. The number of thiazole rings is 1. The molecule has 3 unspecified atom stereocenters. The smallest absolute Gasteiger partial charge is 0.418 e. The van der Waals surface area contributed by atoms with Crippen LogP contribution in [0, 0.1) is 0 Å². The molecule has 3 aromatic rings. The van der Waals surface area contributed by atoms with Crippen molar-refractivity contribution in [3.05, 3.63) is 29.3 Å². The zero-order valence-electron chi connectivity index (χ0n) is 17.4. The number of amides is 2. The predicted octanol–water partition coefficient (Wildman–Crippen LogP) is 3.00. The summed E-state index contributed by atoms with van der Waals surface area (Å²) in [6.07, 6.45) is -6.05. The Morgan fingerprint density at radius 2 is 2.06 bits per heavy atom. The van der Waals surface area contributed by atoms with Gasteiger partial charge in [-0.1, -0.05) is 6.07 Å². The monoisotopic (exact) mass is 497 g/mol. The fourth-order valence-electron chi connectivity index (χ4n) is 4.49. The van der Waals surface area contributed by atoms with E-state index in [2.05, 4.69) is 9.97 Å². The Bertz CT molecular complexity index is 1240. The van der Waals surface area contributed by atoms with Crippen molar-refractivity contribution in [3.8, 4) is 10.6 Å². The zero-order valence-corrected chi connectivity index (χ0v) is 18.2. The zero-order chi connectivity index (χ0) is 24.2. The van der Waals surface area contributed by atoms with E-state index in [0.29, 0.717) is 30.1 Å². The summed E-state index contributed by atoms with van der Waals surface area (Å²) < 4.78 is 52.4. The Hall–Kier alpha value is -3.39. The molecule has 3 saturated heterocycles. The third-order valence-corrected chi connectivity index (χ3v) is 6.69. The van der Waals surface area contributed by atoms with Gasteiger partial charge in [-0.2, -0.15) is 18.2 Å². The highest BCUT2D eigenvalue weighted by Gasteiger charge is 2.49. The van der Waals surface area contributed by atoms with E-state index in [1.54, 1.807) is 16.5 Å². The highest BCUT2D eigenvalue weighted by molar-refractivity contribution is 7.13. The lowest BCUT2D eigenvalue weighted by Gasteiger charge is -2.54. The molecule has 10 nitrogen and oxygen atoms in total. The number of rotatable bonds is 6. The first kappa shape index (κ1) is 22.4. The summed E-state index contributed by atoms with van der Waals surface area (Å²) in [5.41, 5.74) is 5.13. The number of alkyl halides is 3. The second-order valence-corrected chi connectivity index (χ2v) is 8.95. The summed E-state index contributed by atoms with van der Waals surface area (Å²) in [6.45, 7) is -0.318. The van der Waals surface area contributed by atoms with Gasteiger partial charge in [-0.25, -0.2) is 9.78 Å². The van der Waals surface area contributed by atoms with Crippen molar-refractivity contribution in [2.24, 2.45) is 5.73 Å². The van der Waals surface area contributed by atoms with E-state index in [1.807, 2.05) is 0 Å². The lowest BCUT2D eigenvalue weighted by molar-refractivity contribution is -0.222. The highest BCUT2D eigenvalue weighted by atomic mass is 32.1. The number of carbonyl (C=O) groups is 2. The van der Waals surface area contributed by atoms with Crippen LogP contribution in [-0.4, -0.2) is 69.9 Å². The Morgan fingerprint density at radius 1 is 1.32 bits per heavy atom. The molecular formula is C20H18F3N5O5S. The van der Waals surface area contributed by atoms with Crippen LogP contribution in [-0.2, 0) is 9.53 Å². The summed E-state index contributed by atoms with van der Waals surface area (Å²) >= 11 is 1.28. The molecular weight excluding hydrogens is 479 g/mol. The van der Waals surface area contributed by atoms with Crippen LogP contribution < -0.4 is 10.6 Å². The highest BCUT2D eigenvalue weighted by Crippen LogP contribution is 2.43. The number of aromatic nitrogens is 2. The molecule has 1 aromatic carbocycles. The lowest BCUT2D eigenvalue weighted by atomic mass is 9.88. The van der Waals surface area contributed by atoms with Crippen LogP contribution >= 0.6 is 11.3 Å². The maximum absolute atomic E-state index is 13.9. The first-order chi connectivity index (χ1) is 16.1. The average Bonchev–Trinajstić information content (AvgIpc) is 3.43. The molecule has 0 spiro atoms. The standard InChI is InChI=1S/C20H18F3N5O5S/c21-20(22,23)16(32-8-13(24)29)11-1-2-12(17-25-3-4-34-17)15-14(11)26-18(33-15)27-6-9-5-10(7-27)28(9)19(30)31/h1-4,9-10,16H,5-8H2,(H2,24,29)(H,30,31). The fourth-order valence-corrected chi connectivity index (χ4v) is 5.15. The van der Waals surface area contributed by atoms with Crippen molar-refractivity contribution >= 4 is 40.5 Å². The van der Waals surface area contributed by atoms with Crippen molar-refractivity contribution in [2.75, 3.05) is 24.6 Å². The van der Waals surface area contributed by atoms with Crippen LogP contribution in [0.5, 0.6) is 0 Å². The van der Waals surface area contributed by atoms with E-state index in [-0.39, 0.29) is 34.8 Å². The molecule has 0 aliphatic carbocycles. The summed E-state index contributed by atoms with van der Waals surface area (Å²) in [5, 5.41) is 11.6. The third kappa shape index (κ3) is 3.81. The van der Waals surface area contributed by atoms with E-state index in [4.69, 9.17) is 14.9 Å². The Kier molecular flexibility index (Phi) is 5.36. The molecule has 3 N–H and O–H groups in total. The van der Waals surface area contributed by atoms with Gasteiger partial charge in [-0.05, 0) is 12.5 Å². The maximum Gasteiger partial charge on any atom is 0.418 e. The molecule has 34 heavy (non-hydrogen) atoms. The van der Waals surface area contributed by atoms with Gasteiger partial charge in [0.2, 0.25) is 5.91 Å². The Labute approximate surface area is 193 Å². The third-order valence-electron chi connectivity index (χ3n) is 5.88. The molecule has 0 radical (unpaired) electrons. The van der Waals surface area contributed by atoms with Crippen molar-refractivity contribution in [1.29, 1.82) is 0 Å². The van der Waals surface area contributed by atoms with Crippen LogP contribution in [0.2, 0.25) is 0 Å².